The highest BCUT2D eigenvalue weighted by atomic mass is 79.9. The van der Waals surface area contributed by atoms with E-state index >= 15 is 0 Å². The maximum absolute atomic E-state index is 8.96. The average Bonchev–Trinajstić information content (AvgIpc) is 2.39. The highest BCUT2D eigenvalue weighted by Crippen LogP contribution is 2.27. The van der Waals surface area contributed by atoms with Gasteiger partial charge in [-0.25, -0.2) is 0 Å². The van der Waals surface area contributed by atoms with Crippen molar-refractivity contribution in [1.82, 2.24) is 0 Å². The van der Waals surface area contributed by atoms with Crippen molar-refractivity contribution in [1.29, 1.82) is 10.5 Å². The standard InChI is InChI=1S/C13H9BrN2S/c1-17-13(14)7-12(11(8-15)9-16)10-5-3-2-4-6-10/h2-7H,1H3/b13-7-. The van der Waals surface area contributed by atoms with Crippen LogP contribution in [0.15, 0.2) is 45.8 Å². The summed E-state index contributed by atoms with van der Waals surface area (Å²) in [4.78, 5) is 0. The van der Waals surface area contributed by atoms with Gasteiger partial charge in [-0.3, -0.25) is 0 Å². The van der Waals surface area contributed by atoms with Crippen LogP contribution < -0.4 is 0 Å². The number of hydrogen-bond donors (Lipinski definition) is 0. The van der Waals surface area contributed by atoms with E-state index in [1.54, 1.807) is 6.08 Å². The first kappa shape index (κ1) is 13.6. The molecule has 0 unspecified atom stereocenters. The van der Waals surface area contributed by atoms with Crippen LogP contribution in [0.2, 0.25) is 0 Å². The lowest BCUT2D eigenvalue weighted by molar-refractivity contribution is 1.46. The Hall–Kier alpha value is -1.49. The number of hydrogen-bond acceptors (Lipinski definition) is 3. The van der Waals surface area contributed by atoms with E-state index in [9.17, 15) is 0 Å². The van der Waals surface area contributed by atoms with Gasteiger partial charge in [-0.05, 0) is 33.8 Å². The molecule has 0 radical (unpaired) electrons. The van der Waals surface area contributed by atoms with Crippen LogP contribution in [0.5, 0.6) is 0 Å². The van der Waals surface area contributed by atoms with Gasteiger partial charge in [-0.1, -0.05) is 30.3 Å². The molecule has 0 aliphatic heterocycles. The molecule has 1 aromatic carbocycles. The molecule has 0 aliphatic carbocycles. The zero-order valence-electron chi connectivity index (χ0n) is 9.14. The van der Waals surface area contributed by atoms with Gasteiger partial charge >= 0.3 is 0 Å². The molecule has 17 heavy (non-hydrogen) atoms. The van der Waals surface area contributed by atoms with Crippen LogP contribution in [0, 0.1) is 22.7 Å². The minimum atomic E-state index is 0.113. The van der Waals surface area contributed by atoms with Gasteiger partial charge < -0.3 is 0 Å². The van der Waals surface area contributed by atoms with Gasteiger partial charge in [0.15, 0.2) is 0 Å². The van der Waals surface area contributed by atoms with Crippen LogP contribution >= 0.6 is 27.7 Å². The predicted octanol–water partition coefficient (Wildman–Crippen LogP) is 4.09. The van der Waals surface area contributed by atoms with Gasteiger partial charge in [0.25, 0.3) is 0 Å². The largest absolute Gasteiger partial charge is 0.192 e. The Balaban J connectivity index is 3.39. The van der Waals surface area contributed by atoms with Crippen LogP contribution in [0.25, 0.3) is 5.57 Å². The van der Waals surface area contributed by atoms with E-state index in [0.717, 1.165) is 9.38 Å². The average molecular weight is 305 g/mol. The molecule has 0 N–H and O–H groups in total. The lowest BCUT2D eigenvalue weighted by Crippen LogP contribution is -1.86. The summed E-state index contributed by atoms with van der Waals surface area (Å²) in [5.41, 5.74) is 1.61. The fraction of sp³-hybridized carbons (Fsp3) is 0.0769. The minimum absolute atomic E-state index is 0.113. The zero-order chi connectivity index (χ0) is 12.7. The maximum atomic E-state index is 8.96. The molecular weight excluding hydrogens is 296 g/mol. The second-order valence-corrected chi connectivity index (χ2v) is 5.26. The van der Waals surface area contributed by atoms with Crippen LogP contribution in [0.3, 0.4) is 0 Å². The normalized spacial score (nSPS) is 10.2. The summed E-state index contributed by atoms with van der Waals surface area (Å²) < 4.78 is 0.874. The van der Waals surface area contributed by atoms with E-state index in [-0.39, 0.29) is 5.57 Å². The molecule has 0 amide bonds. The highest BCUT2D eigenvalue weighted by Gasteiger charge is 2.07. The van der Waals surface area contributed by atoms with E-state index < -0.39 is 0 Å². The Bertz CT molecular complexity index is 517. The van der Waals surface area contributed by atoms with E-state index in [1.807, 2.05) is 48.7 Å². The molecule has 4 heteroatoms. The van der Waals surface area contributed by atoms with Gasteiger partial charge in [0.2, 0.25) is 0 Å². The Morgan fingerprint density at radius 3 is 2.29 bits per heavy atom. The van der Waals surface area contributed by atoms with Crippen LogP contribution in [0.4, 0.5) is 0 Å². The first-order chi connectivity index (χ1) is 8.22. The smallest absolute Gasteiger partial charge is 0.137 e. The maximum Gasteiger partial charge on any atom is 0.137 e. The summed E-state index contributed by atoms with van der Waals surface area (Å²) in [6, 6.07) is 13.3. The first-order valence-electron chi connectivity index (χ1n) is 4.74. The third-order valence-electron chi connectivity index (χ3n) is 2.03. The summed E-state index contributed by atoms with van der Waals surface area (Å²) in [6.45, 7) is 0. The van der Waals surface area contributed by atoms with Crippen molar-refractivity contribution >= 4 is 33.3 Å². The number of allylic oxidation sites excluding steroid dienone is 3. The third-order valence-corrected chi connectivity index (χ3v) is 3.74. The van der Waals surface area contributed by atoms with Crippen molar-refractivity contribution in [2.75, 3.05) is 6.26 Å². The number of rotatable bonds is 3. The summed E-state index contributed by atoms with van der Waals surface area (Å²) >= 11 is 4.88. The van der Waals surface area contributed by atoms with Gasteiger partial charge in [0, 0.05) is 5.57 Å². The monoisotopic (exact) mass is 304 g/mol. The summed E-state index contributed by atoms with van der Waals surface area (Å²) in [5, 5.41) is 17.9. The van der Waals surface area contributed by atoms with Crippen molar-refractivity contribution in [3.8, 4) is 12.1 Å². The Labute approximate surface area is 113 Å². The second-order valence-electron chi connectivity index (χ2n) is 3.03. The molecule has 0 spiro atoms. The molecule has 0 saturated carbocycles. The summed E-state index contributed by atoms with van der Waals surface area (Å²) in [6.07, 6.45) is 3.71. The molecule has 1 rings (SSSR count). The van der Waals surface area contributed by atoms with Crippen LogP contribution in [-0.2, 0) is 0 Å². The number of thioether (sulfide) groups is 1. The summed E-state index contributed by atoms with van der Waals surface area (Å²) in [7, 11) is 0. The molecule has 0 bridgehead atoms. The topological polar surface area (TPSA) is 47.6 Å². The van der Waals surface area contributed by atoms with Gasteiger partial charge in [0.05, 0.1) is 3.81 Å². The van der Waals surface area contributed by atoms with Crippen molar-refractivity contribution < 1.29 is 0 Å². The van der Waals surface area contributed by atoms with Crippen molar-refractivity contribution in [2.45, 2.75) is 0 Å². The predicted molar refractivity (Wildman–Crippen MR) is 75.1 cm³/mol. The third kappa shape index (κ3) is 3.78. The van der Waals surface area contributed by atoms with Gasteiger partial charge in [0.1, 0.15) is 17.7 Å². The van der Waals surface area contributed by atoms with E-state index in [1.165, 1.54) is 11.8 Å². The van der Waals surface area contributed by atoms with Crippen LogP contribution in [-0.4, -0.2) is 6.26 Å². The first-order valence-corrected chi connectivity index (χ1v) is 6.75. The van der Waals surface area contributed by atoms with Crippen molar-refractivity contribution in [3.63, 3.8) is 0 Å². The molecule has 1 aromatic rings. The lowest BCUT2D eigenvalue weighted by Gasteiger charge is -2.03. The number of nitriles is 2. The molecule has 0 aromatic heterocycles. The van der Waals surface area contributed by atoms with E-state index in [2.05, 4.69) is 15.9 Å². The quantitative estimate of drug-likeness (QED) is 0.624. The molecule has 0 saturated heterocycles. The van der Waals surface area contributed by atoms with Gasteiger partial charge in [-0.15, -0.1) is 11.8 Å². The van der Waals surface area contributed by atoms with E-state index in [4.69, 9.17) is 10.5 Å². The molecule has 0 aliphatic rings. The Morgan fingerprint density at radius 2 is 1.82 bits per heavy atom. The van der Waals surface area contributed by atoms with Crippen molar-refractivity contribution in [2.24, 2.45) is 0 Å². The lowest BCUT2D eigenvalue weighted by atomic mass is 10.0. The zero-order valence-corrected chi connectivity index (χ0v) is 11.5. The fourth-order valence-corrected chi connectivity index (χ4v) is 1.70. The highest BCUT2D eigenvalue weighted by molar-refractivity contribution is 9.14. The fourth-order valence-electron chi connectivity index (χ4n) is 1.24. The molecule has 2 nitrogen and oxygen atoms in total. The Morgan fingerprint density at radius 1 is 1.24 bits per heavy atom. The number of halogens is 1. The second kappa shape index (κ2) is 6.96. The minimum Gasteiger partial charge on any atom is -0.192 e. The Kier molecular flexibility index (Phi) is 5.56. The molecule has 0 atom stereocenters. The number of nitrogens with zero attached hydrogens (tertiary/aromatic N) is 2. The SMILES string of the molecule is CS/C(Br)=C\C(=C(C#N)C#N)c1ccccc1. The van der Waals surface area contributed by atoms with Crippen LogP contribution in [0.1, 0.15) is 5.56 Å². The summed E-state index contributed by atoms with van der Waals surface area (Å²) in [5.74, 6) is 0. The molecular formula is C13H9BrN2S. The molecule has 84 valence electrons. The number of benzene rings is 1. The molecule has 0 fully saturated rings. The van der Waals surface area contributed by atoms with Gasteiger partial charge in [-0.2, -0.15) is 10.5 Å². The van der Waals surface area contributed by atoms with E-state index in [0.29, 0.717) is 5.57 Å². The molecule has 0 heterocycles. The van der Waals surface area contributed by atoms with Crippen molar-refractivity contribution in [3.05, 3.63) is 51.4 Å².